The van der Waals surface area contributed by atoms with Crippen molar-refractivity contribution in [3.63, 3.8) is 0 Å². The van der Waals surface area contributed by atoms with Crippen LogP contribution in [0, 0.1) is 13.8 Å². The summed E-state index contributed by atoms with van der Waals surface area (Å²) in [5.74, 6) is 2.37. The summed E-state index contributed by atoms with van der Waals surface area (Å²) in [5.41, 5.74) is 6.36. The van der Waals surface area contributed by atoms with E-state index in [0.717, 1.165) is 38.6 Å². The molecular weight excluding hydrogens is 642 g/mol. The number of hydrogen-bond acceptors (Lipinski definition) is 7. The maximum absolute atomic E-state index is 10.5. The van der Waals surface area contributed by atoms with Crippen LogP contribution in [0.2, 0.25) is 0 Å². The highest BCUT2D eigenvalue weighted by Crippen LogP contribution is 2.48. The van der Waals surface area contributed by atoms with Crippen molar-refractivity contribution in [3.05, 3.63) is 139 Å². The van der Waals surface area contributed by atoms with Crippen LogP contribution in [0.25, 0.3) is 44.2 Å². The third-order valence-corrected chi connectivity index (χ3v) is 9.43. The van der Waals surface area contributed by atoms with Gasteiger partial charge in [-0.1, -0.05) is 84.4 Å². The SMILES string of the molecule is COc1cc(C)cc(-c2cc(C)ccc2Op2oc3ccccc3c3ccccc3o2)c1OPOc1ccccc1-c1ccccc1O. The summed E-state index contributed by atoms with van der Waals surface area (Å²) in [6.45, 7) is 4.03. The zero-order valence-electron chi connectivity index (χ0n) is 26.5. The van der Waals surface area contributed by atoms with Gasteiger partial charge in [0.05, 0.1) is 7.11 Å². The highest BCUT2D eigenvalue weighted by Gasteiger charge is 2.21. The number of methoxy groups -OCH3 is 1. The predicted octanol–water partition coefficient (Wildman–Crippen LogP) is 11.8. The Kier molecular flexibility index (Phi) is 8.98. The summed E-state index contributed by atoms with van der Waals surface area (Å²) >= 11 is 0. The Bertz CT molecular complexity index is 2240. The van der Waals surface area contributed by atoms with Gasteiger partial charge in [-0.05, 0) is 67.9 Å². The molecule has 0 saturated carbocycles. The molecule has 0 aliphatic carbocycles. The second kappa shape index (κ2) is 13.8. The molecule has 7 nitrogen and oxygen atoms in total. The van der Waals surface area contributed by atoms with Crippen LogP contribution in [-0.4, -0.2) is 12.2 Å². The van der Waals surface area contributed by atoms with E-state index in [-0.39, 0.29) is 5.75 Å². The van der Waals surface area contributed by atoms with E-state index >= 15 is 0 Å². The lowest BCUT2D eigenvalue weighted by molar-refractivity contribution is 0.394. The van der Waals surface area contributed by atoms with E-state index in [1.165, 1.54) is 0 Å². The number of para-hydroxylation sites is 4. The van der Waals surface area contributed by atoms with Crippen molar-refractivity contribution in [2.24, 2.45) is 0 Å². The third-order valence-electron chi connectivity index (χ3n) is 7.80. The molecule has 0 bridgehead atoms. The second-order valence-corrected chi connectivity index (χ2v) is 12.7. The molecule has 7 rings (SSSR count). The topological polar surface area (TPSA) is 83.4 Å². The molecule has 48 heavy (non-hydrogen) atoms. The van der Waals surface area contributed by atoms with Gasteiger partial charge in [-0.2, -0.15) is 0 Å². The van der Waals surface area contributed by atoms with Crippen molar-refractivity contribution in [3.8, 4) is 51.0 Å². The van der Waals surface area contributed by atoms with Crippen LogP contribution in [0.3, 0.4) is 0 Å². The van der Waals surface area contributed by atoms with Gasteiger partial charge in [0.1, 0.15) is 28.4 Å². The Balaban J connectivity index is 1.27. The van der Waals surface area contributed by atoms with Crippen LogP contribution in [0.1, 0.15) is 11.1 Å². The van der Waals surface area contributed by atoms with E-state index in [9.17, 15) is 5.11 Å². The third kappa shape index (κ3) is 6.44. The van der Waals surface area contributed by atoms with Crippen LogP contribution in [0.4, 0.5) is 0 Å². The molecule has 0 amide bonds. The predicted molar refractivity (Wildman–Crippen MR) is 193 cm³/mol. The van der Waals surface area contributed by atoms with Crippen LogP contribution in [0.15, 0.2) is 136 Å². The molecule has 1 N–H and O–H groups in total. The first-order chi connectivity index (χ1) is 23.5. The number of aryl methyl sites for hydroxylation is 2. The maximum atomic E-state index is 10.5. The minimum absolute atomic E-state index is 0.169. The molecule has 7 aromatic rings. The molecule has 0 radical (unpaired) electrons. The number of hydrogen-bond donors (Lipinski definition) is 1. The van der Waals surface area contributed by atoms with Crippen LogP contribution < -0.4 is 18.3 Å². The van der Waals surface area contributed by atoms with Crippen LogP contribution in [-0.2, 0) is 0 Å². The fourth-order valence-corrected chi connectivity index (χ4v) is 7.23. The molecule has 0 aliphatic heterocycles. The van der Waals surface area contributed by atoms with Crippen LogP contribution >= 0.6 is 17.3 Å². The van der Waals surface area contributed by atoms with E-state index < -0.39 is 17.3 Å². The van der Waals surface area contributed by atoms with Crippen LogP contribution in [0.5, 0.6) is 28.7 Å². The zero-order valence-corrected chi connectivity index (χ0v) is 28.4. The Morgan fingerprint density at radius 1 is 0.562 bits per heavy atom. The minimum atomic E-state index is -1.88. The fraction of sp³-hybridized carbons (Fsp3) is 0.0769. The molecule has 1 atom stereocenters. The Morgan fingerprint density at radius 2 is 1.19 bits per heavy atom. The smallest absolute Gasteiger partial charge is 0.453 e. The van der Waals surface area contributed by atoms with Gasteiger partial charge in [0, 0.05) is 33.0 Å². The van der Waals surface area contributed by atoms with E-state index in [0.29, 0.717) is 39.7 Å². The lowest BCUT2D eigenvalue weighted by Gasteiger charge is -2.18. The highest BCUT2D eigenvalue weighted by atomic mass is 31.1. The first-order valence-electron chi connectivity index (χ1n) is 15.3. The number of phenolic OH excluding ortho intramolecular Hbond substituents is 1. The van der Waals surface area contributed by atoms with Gasteiger partial charge in [0.2, 0.25) is 0 Å². The lowest BCUT2D eigenvalue weighted by Crippen LogP contribution is -1.96. The first-order valence-corrected chi connectivity index (χ1v) is 17.2. The molecule has 1 aromatic heterocycles. The molecule has 0 spiro atoms. The number of phenols is 1. The Labute approximate surface area is 280 Å². The van der Waals surface area contributed by atoms with E-state index in [1.807, 2.05) is 129 Å². The van der Waals surface area contributed by atoms with Crippen molar-refractivity contribution in [1.82, 2.24) is 0 Å². The molecule has 1 unspecified atom stereocenters. The van der Waals surface area contributed by atoms with Crippen molar-refractivity contribution in [2.75, 3.05) is 7.11 Å². The number of fused-ring (bicyclic) bond motifs is 3. The maximum Gasteiger partial charge on any atom is 0.453 e. The first kappa shape index (κ1) is 31.3. The molecule has 9 heteroatoms. The number of benzene rings is 6. The summed E-state index contributed by atoms with van der Waals surface area (Å²) in [6.07, 6.45) is 0. The van der Waals surface area contributed by atoms with Gasteiger partial charge >= 0.3 is 8.24 Å². The number of aromatic hydroxyl groups is 1. The second-order valence-electron chi connectivity index (χ2n) is 11.1. The Hall–Kier alpha value is -5.35. The minimum Gasteiger partial charge on any atom is -0.507 e. The number of ether oxygens (including phenoxy) is 1. The van der Waals surface area contributed by atoms with E-state index in [2.05, 4.69) is 0 Å². The highest BCUT2D eigenvalue weighted by molar-refractivity contribution is 7.32. The summed E-state index contributed by atoms with van der Waals surface area (Å²) < 4.78 is 37.7. The van der Waals surface area contributed by atoms with Gasteiger partial charge < -0.3 is 31.8 Å². The molecule has 0 fully saturated rings. The average Bonchev–Trinajstić information content (AvgIpc) is 3.26. The van der Waals surface area contributed by atoms with Crippen molar-refractivity contribution in [2.45, 2.75) is 13.8 Å². The largest absolute Gasteiger partial charge is 0.507 e. The summed E-state index contributed by atoms with van der Waals surface area (Å²) in [7, 11) is -0.692. The molecule has 240 valence electrons. The standard InChI is InChI=1S/C39H32O7P2/c1-25-20-21-37(46-48-44-35-18-10-6-14-29(35)30-15-7-11-19-36(30)45-48)31(22-25)32-23-26(2)24-38(41-3)39(32)43-47-42-34-17-9-5-13-28(34)27-12-4-8-16-33(27)40/h4-24,40,47H,1-3H3. The van der Waals surface area contributed by atoms with E-state index in [4.69, 9.17) is 26.7 Å². The van der Waals surface area contributed by atoms with Gasteiger partial charge in [-0.15, -0.1) is 0 Å². The Morgan fingerprint density at radius 3 is 1.90 bits per heavy atom. The molecule has 0 aliphatic rings. The molecule has 0 saturated heterocycles. The summed E-state index contributed by atoms with van der Waals surface area (Å²) in [5, 5.41) is 12.4. The van der Waals surface area contributed by atoms with Gasteiger partial charge in [-0.25, -0.2) is 0 Å². The summed E-state index contributed by atoms with van der Waals surface area (Å²) in [6, 6.07) is 40.3. The fourth-order valence-electron chi connectivity index (χ4n) is 5.55. The van der Waals surface area contributed by atoms with Crippen molar-refractivity contribution in [1.29, 1.82) is 0 Å². The van der Waals surface area contributed by atoms with Gasteiger partial charge in [0.25, 0.3) is 9.03 Å². The van der Waals surface area contributed by atoms with Crippen molar-refractivity contribution < 1.29 is 31.8 Å². The molecular formula is C39H32O7P2. The van der Waals surface area contributed by atoms with Crippen molar-refractivity contribution >= 4 is 39.2 Å². The summed E-state index contributed by atoms with van der Waals surface area (Å²) in [4.78, 5) is 0. The molecule has 1 heterocycles. The van der Waals surface area contributed by atoms with Gasteiger partial charge in [-0.3, -0.25) is 0 Å². The molecule has 6 aromatic carbocycles. The average molecular weight is 675 g/mol. The quantitative estimate of drug-likeness (QED) is 0.153. The zero-order chi connectivity index (χ0) is 33.0. The number of rotatable bonds is 9. The monoisotopic (exact) mass is 674 g/mol. The normalized spacial score (nSPS) is 11.2. The lowest BCUT2D eigenvalue weighted by atomic mass is 9.99. The van der Waals surface area contributed by atoms with Gasteiger partial charge in [0.15, 0.2) is 11.5 Å². The van der Waals surface area contributed by atoms with E-state index in [1.54, 1.807) is 19.2 Å².